The Hall–Kier alpha value is -3.33. The van der Waals surface area contributed by atoms with Crippen molar-refractivity contribution in [2.45, 2.75) is 70.8 Å². The second-order valence-electron chi connectivity index (χ2n) is 10.4. The summed E-state index contributed by atoms with van der Waals surface area (Å²) in [6.07, 6.45) is 6.88. The van der Waals surface area contributed by atoms with E-state index in [9.17, 15) is 14.7 Å². The summed E-state index contributed by atoms with van der Waals surface area (Å²) < 4.78 is 0. The Kier molecular flexibility index (Phi) is 7.75. The lowest BCUT2D eigenvalue weighted by Gasteiger charge is -2.38. The van der Waals surface area contributed by atoms with Crippen LogP contribution in [0.4, 0.5) is 11.4 Å². The Bertz CT molecular complexity index is 1100. The van der Waals surface area contributed by atoms with Crippen LogP contribution in [-0.2, 0) is 16.0 Å². The van der Waals surface area contributed by atoms with E-state index in [0.717, 1.165) is 41.9 Å². The minimum atomic E-state index is -0.755. The van der Waals surface area contributed by atoms with Crippen molar-refractivity contribution in [1.82, 2.24) is 0 Å². The van der Waals surface area contributed by atoms with E-state index in [0.29, 0.717) is 23.9 Å². The molecule has 35 heavy (non-hydrogen) atoms. The molecule has 4 rings (SSSR count). The molecule has 184 valence electrons. The molecule has 0 aromatic heterocycles. The average molecular weight is 474 g/mol. The monoisotopic (exact) mass is 473 g/mol. The highest BCUT2D eigenvalue weighted by atomic mass is 16.4. The molecule has 6 heteroatoms. The first-order chi connectivity index (χ1) is 16.9. The van der Waals surface area contributed by atoms with Gasteiger partial charge in [-0.1, -0.05) is 51.3 Å². The number of hydrogen-bond donors (Lipinski definition) is 2. The zero-order valence-corrected chi connectivity index (χ0v) is 20.7. The second-order valence-corrected chi connectivity index (χ2v) is 10.4. The van der Waals surface area contributed by atoms with Gasteiger partial charge in [-0.25, -0.2) is 0 Å². The van der Waals surface area contributed by atoms with E-state index in [4.69, 9.17) is 5.26 Å². The maximum absolute atomic E-state index is 13.1. The molecule has 0 heterocycles. The molecule has 2 aliphatic carbocycles. The van der Waals surface area contributed by atoms with Gasteiger partial charge in [-0.15, -0.1) is 0 Å². The first-order valence-electron chi connectivity index (χ1n) is 12.8. The maximum atomic E-state index is 13.1. The van der Waals surface area contributed by atoms with Crippen molar-refractivity contribution in [3.63, 3.8) is 0 Å². The summed E-state index contributed by atoms with van der Waals surface area (Å²) in [6.45, 7) is 5.34. The van der Waals surface area contributed by atoms with Gasteiger partial charge >= 0.3 is 5.97 Å². The van der Waals surface area contributed by atoms with Gasteiger partial charge in [-0.05, 0) is 66.5 Å². The molecule has 2 aromatic rings. The third kappa shape index (κ3) is 6.22. The maximum Gasteiger partial charge on any atom is 0.307 e. The number of nitriles is 1. The Morgan fingerprint density at radius 2 is 1.83 bits per heavy atom. The summed E-state index contributed by atoms with van der Waals surface area (Å²) in [6, 6.07) is 15.7. The SMILES string of the molecule is CC(C)CN(c1ccc([C@@H]2C[C@@H]2C(=O)O)cc1NC(=O)Cc1ccc(C#N)cc1)C1CCCCC1. The molecule has 2 saturated carbocycles. The largest absolute Gasteiger partial charge is 0.481 e. The summed E-state index contributed by atoms with van der Waals surface area (Å²) in [5.41, 5.74) is 4.18. The lowest BCUT2D eigenvalue weighted by molar-refractivity contribution is -0.138. The highest BCUT2D eigenvalue weighted by molar-refractivity contribution is 5.96. The number of benzene rings is 2. The van der Waals surface area contributed by atoms with Crippen LogP contribution in [0.25, 0.3) is 0 Å². The Morgan fingerprint density at radius 1 is 1.11 bits per heavy atom. The normalized spacial score (nSPS) is 19.7. The van der Waals surface area contributed by atoms with Crippen LogP contribution in [0.3, 0.4) is 0 Å². The van der Waals surface area contributed by atoms with Gasteiger partial charge in [0.15, 0.2) is 0 Å². The minimum Gasteiger partial charge on any atom is -0.481 e. The molecular weight excluding hydrogens is 438 g/mol. The van der Waals surface area contributed by atoms with Gasteiger partial charge in [0.2, 0.25) is 5.91 Å². The summed E-state index contributed by atoms with van der Waals surface area (Å²) in [5.74, 6) is -0.739. The number of nitrogens with one attached hydrogen (secondary N) is 1. The minimum absolute atomic E-state index is 0.00366. The number of hydrogen-bond acceptors (Lipinski definition) is 4. The first kappa shape index (κ1) is 24.8. The van der Waals surface area contributed by atoms with E-state index >= 15 is 0 Å². The molecule has 1 amide bonds. The number of amides is 1. The van der Waals surface area contributed by atoms with Gasteiger partial charge in [0.05, 0.1) is 35.3 Å². The molecule has 2 N–H and O–H groups in total. The van der Waals surface area contributed by atoms with E-state index in [1.54, 1.807) is 12.1 Å². The van der Waals surface area contributed by atoms with Gasteiger partial charge in [0.1, 0.15) is 0 Å². The molecule has 2 fully saturated rings. The lowest BCUT2D eigenvalue weighted by Crippen LogP contribution is -2.40. The van der Waals surface area contributed by atoms with Gasteiger partial charge in [-0.3, -0.25) is 9.59 Å². The van der Waals surface area contributed by atoms with E-state index in [1.807, 2.05) is 18.2 Å². The molecule has 0 radical (unpaired) electrons. The molecule has 6 nitrogen and oxygen atoms in total. The molecule has 2 aromatic carbocycles. The molecule has 0 spiro atoms. The third-order valence-corrected chi connectivity index (χ3v) is 7.16. The topological polar surface area (TPSA) is 93.4 Å². The highest BCUT2D eigenvalue weighted by Gasteiger charge is 2.44. The molecule has 2 atom stereocenters. The number of carboxylic acids is 1. The summed E-state index contributed by atoms with van der Waals surface area (Å²) >= 11 is 0. The molecular formula is C29H35N3O3. The highest BCUT2D eigenvalue weighted by Crippen LogP contribution is 2.49. The lowest BCUT2D eigenvalue weighted by atomic mass is 9.92. The fourth-order valence-corrected chi connectivity index (χ4v) is 5.28. The van der Waals surface area contributed by atoms with E-state index < -0.39 is 5.97 Å². The van der Waals surface area contributed by atoms with Crippen molar-refractivity contribution in [2.75, 3.05) is 16.8 Å². The van der Waals surface area contributed by atoms with Crippen LogP contribution >= 0.6 is 0 Å². The van der Waals surface area contributed by atoms with Crippen LogP contribution in [0.2, 0.25) is 0 Å². The quantitative estimate of drug-likeness (QED) is 0.486. The molecule has 0 bridgehead atoms. The van der Waals surface area contributed by atoms with Crippen LogP contribution in [0.1, 0.15) is 75.0 Å². The van der Waals surface area contributed by atoms with Crippen LogP contribution in [-0.4, -0.2) is 29.6 Å². The number of rotatable bonds is 9. The number of carbonyl (C=O) groups is 2. The predicted octanol–water partition coefficient (Wildman–Crippen LogP) is 5.72. The molecule has 0 saturated heterocycles. The first-order valence-corrected chi connectivity index (χ1v) is 12.8. The van der Waals surface area contributed by atoms with Crippen LogP contribution in [0.15, 0.2) is 42.5 Å². The van der Waals surface area contributed by atoms with Crippen molar-refractivity contribution in [3.8, 4) is 6.07 Å². The van der Waals surface area contributed by atoms with Gasteiger partial charge in [-0.2, -0.15) is 5.26 Å². The Morgan fingerprint density at radius 3 is 2.43 bits per heavy atom. The summed E-state index contributed by atoms with van der Waals surface area (Å²) in [4.78, 5) is 27.0. The Balaban J connectivity index is 1.62. The molecule has 2 aliphatic rings. The van der Waals surface area contributed by atoms with E-state index in [1.165, 1.54) is 19.3 Å². The average Bonchev–Trinajstić information content (AvgIpc) is 3.65. The molecule has 0 unspecified atom stereocenters. The standard InChI is InChI=1S/C29H35N3O3/c1-19(2)18-32(23-6-4-3-5-7-23)27-13-12-22(24-16-25(24)29(34)35)15-26(27)31-28(33)14-20-8-10-21(17-30)11-9-20/h8-13,15,19,23-25H,3-7,14,16,18H2,1-2H3,(H,31,33)(H,34,35)/t24-,25-/m0/s1. The molecule has 0 aliphatic heterocycles. The number of nitrogens with zero attached hydrogens (tertiary/aromatic N) is 2. The predicted molar refractivity (Wildman–Crippen MR) is 137 cm³/mol. The van der Waals surface area contributed by atoms with Crippen molar-refractivity contribution in [1.29, 1.82) is 5.26 Å². The number of carboxylic acid groups (broad SMARTS) is 1. The van der Waals surface area contributed by atoms with E-state index in [-0.39, 0.29) is 24.2 Å². The smallest absolute Gasteiger partial charge is 0.307 e. The van der Waals surface area contributed by atoms with Gasteiger partial charge in [0.25, 0.3) is 0 Å². The van der Waals surface area contributed by atoms with Crippen molar-refractivity contribution < 1.29 is 14.7 Å². The Labute approximate surface area is 208 Å². The van der Waals surface area contributed by atoms with Crippen LogP contribution in [0.5, 0.6) is 0 Å². The fraction of sp³-hybridized carbons (Fsp3) is 0.483. The summed E-state index contributed by atoms with van der Waals surface area (Å²) in [7, 11) is 0. The fourth-order valence-electron chi connectivity index (χ4n) is 5.28. The van der Waals surface area contributed by atoms with Crippen molar-refractivity contribution in [2.24, 2.45) is 11.8 Å². The van der Waals surface area contributed by atoms with Crippen molar-refractivity contribution in [3.05, 3.63) is 59.2 Å². The zero-order chi connectivity index (χ0) is 24.9. The summed E-state index contributed by atoms with van der Waals surface area (Å²) in [5, 5.41) is 21.6. The third-order valence-electron chi connectivity index (χ3n) is 7.16. The van der Waals surface area contributed by atoms with Gasteiger partial charge < -0.3 is 15.3 Å². The second kappa shape index (κ2) is 10.9. The van der Waals surface area contributed by atoms with Crippen LogP contribution < -0.4 is 10.2 Å². The number of aliphatic carboxylic acids is 1. The number of anilines is 2. The van der Waals surface area contributed by atoms with Crippen molar-refractivity contribution >= 4 is 23.3 Å². The van der Waals surface area contributed by atoms with E-state index in [2.05, 4.69) is 42.3 Å². The van der Waals surface area contributed by atoms with Crippen LogP contribution in [0, 0.1) is 23.2 Å². The number of carbonyl (C=O) groups excluding carboxylic acids is 1. The zero-order valence-electron chi connectivity index (χ0n) is 20.7. The van der Waals surface area contributed by atoms with Gasteiger partial charge in [0, 0.05) is 12.6 Å².